The normalized spacial score (nSPS) is 20.4. The van der Waals surface area contributed by atoms with Gasteiger partial charge in [0.25, 0.3) is 0 Å². The third-order valence-electron chi connectivity index (χ3n) is 3.58. The van der Waals surface area contributed by atoms with E-state index in [1.807, 2.05) is 25.3 Å². The molecule has 1 aliphatic heterocycles. The molecule has 5 nitrogen and oxygen atoms in total. The summed E-state index contributed by atoms with van der Waals surface area (Å²) in [5.41, 5.74) is 1.06. The average molecular weight is 329 g/mol. The van der Waals surface area contributed by atoms with Crippen LogP contribution in [-0.4, -0.2) is 54.0 Å². The van der Waals surface area contributed by atoms with Crippen molar-refractivity contribution in [2.75, 3.05) is 35.7 Å². The van der Waals surface area contributed by atoms with Crippen molar-refractivity contribution in [2.45, 2.75) is 25.8 Å². The van der Waals surface area contributed by atoms with Gasteiger partial charge in [0.2, 0.25) is 0 Å². The number of nitrogens with one attached hydrogen (secondary N) is 1. The molecule has 1 saturated heterocycles. The van der Waals surface area contributed by atoms with E-state index in [2.05, 4.69) is 15.2 Å². The summed E-state index contributed by atoms with van der Waals surface area (Å²) in [6, 6.07) is 3.96. The minimum atomic E-state index is -3.03. The Hall–Kier alpha value is -0.790. The minimum Gasteiger partial charge on any atom is -0.370 e. The highest BCUT2D eigenvalue weighted by molar-refractivity contribution is 8.01. The van der Waals surface area contributed by atoms with Gasteiger partial charge in [-0.3, -0.25) is 4.90 Å². The van der Waals surface area contributed by atoms with E-state index in [1.165, 1.54) is 0 Å². The topological polar surface area (TPSA) is 62.3 Å². The van der Waals surface area contributed by atoms with Crippen LogP contribution < -0.4 is 5.32 Å². The van der Waals surface area contributed by atoms with Gasteiger partial charge >= 0.3 is 0 Å². The largest absolute Gasteiger partial charge is 0.370 e. The van der Waals surface area contributed by atoms with Crippen LogP contribution in [0, 0.1) is 0 Å². The predicted octanol–water partition coefficient (Wildman–Crippen LogP) is 1.82. The van der Waals surface area contributed by atoms with Crippen LogP contribution in [0.5, 0.6) is 0 Å². The molecule has 0 bridgehead atoms. The molecule has 118 valence electrons. The lowest BCUT2D eigenvalue weighted by Crippen LogP contribution is -2.47. The molecule has 1 atom stereocenters. The third-order valence-corrected chi connectivity index (χ3v) is 6.91. The zero-order chi connectivity index (χ0) is 15.3. The van der Waals surface area contributed by atoms with Crippen LogP contribution in [0.15, 0.2) is 18.3 Å². The maximum atomic E-state index is 12.2. The fourth-order valence-electron chi connectivity index (χ4n) is 2.36. The molecule has 0 saturated carbocycles. The molecule has 1 aromatic heterocycles. The summed E-state index contributed by atoms with van der Waals surface area (Å²) >= 11 is 1.72. The third kappa shape index (κ3) is 4.34. The number of thioether (sulfide) groups is 1. The summed E-state index contributed by atoms with van der Waals surface area (Å²) in [6.45, 7) is 6.04. The first-order valence-corrected chi connectivity index (χ1v) is 10.2. The molecular weight excluding hydrogens is 306 g/mol. The number of rotatable bonds is 6. The van der Waals surface area contributed by atoms with Crippen LogP contribution in [0.25, 0.3) is 0 Å². The Bertz CT molecular complexity index is 546. The molecule has 7 heteroatoms. The van der Waals surface area contributed by atoms with E-state index in [1.54, 1.807) is 18.7 Å². The van der Waals surface area contributed by atoms with Crippen molar-refractivity contribution in [1.29, 1.82) is 0 Å². The van der Waals surface area contributed by atoms with E-state index in [0.29, 0.717) is 12.3 Å². The highest BCUT2D eigenvalue weighted by Crippen LogP contribution is 2.23. The van der Waals surface area contributed by atoms with Crippen molar-refractivity contribution >= 4 is 27.4 Å². The molecule has 1 unspecified atom stereocenters. The minimum absolute atomic E-state index is 0.201. The first-order valence-electron chi connectivity index (χ1n) is 7.29. The van der Waals surface area contributed by atoms with Gasteiger partial charge in [0.1, 0.15) is 11.2 Å². The second-order valence-corrected chi connectivity index (χ2v) is 8.63. The quantitative estimate of drug-likeness (QED) is 0.859. The number of hydrogen-bond donors (Lipinski definition) is 1. The second kappa shape index (κ2) is 7.47. The van der Waals surface area contributed by atoms with Crippen LogP contribution in [-0.2, 0) is 16.4 Å². The Morgan fingerprint density at radius 1 is 1.43 bits per heavy atom. The van der Waals surface area contributed by atoms with Gasteiger partial charge in [-0.05, 0) is 18.6 Å². The highest BCUT2D eigenvalue weighted by atomic mass is 32.2. The van der Waals surface area contributed by atoms with Crippen molar-refractivity contribution < 1.29 is 8.42 Å². The maximum Gasteiger partial charge on any atom is 0.166 e. The first kappa shape index (κ1) is 16.6. The number of pyridine rings is 1. The fraction of sp³-hybridized carbons (Fsp3) is 0.643. The molecule has 2 heterocycles. The number of anilines is 1. The van der Waals surface area contributed by atoms with E-state index in [0.717, 1.165) is 30.2 Å². The van der Waals surface area contributed by atoms with Crippen LogP contribution in [0.3, 0.4) is 0 Å². The van der Waals surface area contributed by atoms with Gasteiger partial charge in [-0.1, -0.05) is 13.0 Å². The number of hydrogen-bond acceptors (Lipinski definition) is 6. The maximum absolute atomic E-state index is 12.2. The summed E-state index contributed by atoms with van der Waals surface area (Å²) in [7, 11) is -3.03. The van der Waals surface area contributed by atoms with E-state index >= 15 is 0 Å². The highest BCUT2D eigenvalue weighted by Gasteiger charge is 2.32. The fourth-order valence-corrected chi connectivity index (χ4v) is 5.44. The number of sulfone groups is 1. The molecule has 1 N–H and O–H groups in total. The van der Waals surface area contributed by atoms with Crippen molar-refractivity contribution in [2.24, 2.45) is 0 Å². The van der Waals surface area contributed by atoms with Gasteiger partial charge in [-0.2, -0.15) is 11.8 Å². The SMILES string of the molecule is CCNc1ccc(CN2CCSCC2S(=O)(=O)CC)cn1. The summed E-state index contributed by atoms with van der Waals surface area (Å²) in [5.74, 6) is 2.71. The lowest BCUT2D eigenvalue weighted by molar-refractivity contribution is 0.261. The Morgan fingerprint density at radius 3 is 2.86 bits per heavy atom. The molecule has 0 radical (unpaired) electrons. The molecule has 1 aliphatic rings. The van der Waals surface area contributed by atoms with Crippen LogP contribution in [0.1, 0.15) is 19.4 Å². The number of aromatic nitrogens is 1. The second-order valence-electron chi connectivity index (χ2n) is 5.03. The van der Waals surface area contributed by atoms with E-state index < -0.39 is 9.84 Å². The van der Waals surface area contributed by atoms with Crippen molar-refractivity contribution in [3.8, 4) is 0 Å². The standard InChI is InChI=1S/C14H23N3O2S2/c1-3-15-13-6-5-12(9-16-13)10-17-7-8-20-11-14(17)21(18,19)4-2/h5-6,9,14H,3-4,7-8,10-11H2,1-2H3,(H,15,16). The number of nitrogens with zero attached hydrogens (tertiary/aromatic N) is 2. The molecular formula is C14H23N3O2S2. The van der Waals surface area contributed by atoms with Crippen molar-refractivity contribution in [1.82, 2.24) is 9.88 Å². The zero-order valence-electron chi connectivity index (χ0n) is 12.6. The Kier molecular flexibility index (Phi) is 5.89. The van der Waals surface area contributed by atoms with Gasteiger partial charge < -0.3 is 5.32 Å². The lowest BCUT2D eigenvalue weighted by Gasteiger charge is -2.34. The molecule has 0 spiro atoms. The zero-order valence-corrected chi connectivity index (χ0v) is 14.2. The van der Waals surface area contributed by atoms with Gasteiger partial charge in [0.05, 0.1) is 0 Å². The van der Waals surface area contributed by atoms with Crippen molar-refractivity contribution in [3.05, 3.63) is 23.9 Å². The average Bonchev–Trinajstić information content (AvgIpc) is 2.50. The predicted molar refractivity (Wildman–Crippen MR) is 89.4 cm³/mol. The van der Waals surface area contributed by atoms with Gasteiger partial charge in [0, 0.05) is 43.1 Å². The first-order chi connectivity index (χ1) is 10.1. The summed E-state index contributed by atoms with van der Waals surface area (Å²) < 4.78 is 24.4. The molecule has 21 heavy (non-hydrogen) atoms. The van der Waals surface area contributed by atoms with Crippen molar-refractivity contribution in [3.63, 3.8) is 0 Å². The lowest BCUT2D eigenvalue weighted by atomic mass is 10.2. The molecule has 0 aromatic carbocycles. The molecule has 0 amide bonds. The van der Waals surface area contributed by atoms with E-state index in [9.17, 15) is 8.42 Å². The molecule has 2 rings (SSSR count). The Morgan fingerprint density at radius 2 is 2.24 bits per heavy atom. The molecule has 0 aliphatic carbocycles. The Labute approximate surface area is 131 Å². The Balaban J connectivity index is 2.08. The van der Waals surface area contributed by atoms with Crippen LogP contribution >= 0.6 is 11.8 Å². The van der Waals surface area contributed by atoms with E-state index in [-0.39, 0.29) is 11.1 Å². The molecule has 1 aromatic rings. The summed E-state index contributed by atoms with van der Waals surface area (Å²) in [4.78, 5) is 6.42. The summed E-state index contributed by atoms with van der Waals surface area (Å²) in [6.07, 6.45) is 1.83. The van der Waals surface area contributed by atoms with Crippen LogP contribution in [0.2, 0.25) is 0 Å². The summed E-state index contributed by atoms with van der Waals surface area (Å²) in [5, 5.41) is 2.79. The molecule has 1 fully saturated rings. The van der Waals surface area contributed by atoms with Crippen LogP contribution in [0.4, 0.5) is 5.82 Å². The monoisotopic (exact) mass is 329 g/mol. The van der Waals surface area contributed by atoms with Gasteiger partial charge in [0.15, 0.2) is 9.84 Å². The van der Waals surface area contributed by atoms with E-state index in [4.69, 9.17) is 0 Å². The smallest absolute Gasteiger partial charge is 0.166 e. The van der Waals surface area contributed by atoms with Gasteiger partial charge in [-0.15, -0.1) is 0 Å². The van der Waals surface area contributed by atoms with Gasteiger partial charge in [-0.25, -0.2) is 13.4 Å².